The van der Waals surface area contributed by atoms with E-state index in [2.05, 4.69) is 35.9 Å². The van der Waals surface area contributed by atoms with Crippen LogP contribution in [0.4, 0.5) is 5.69 Å². The number of aryl methyl sites for hydroxylation is 1. The number of amidine groups is 1. The van der Waals surface area contributed by atoms with Crippen LogP contribution in [0, 0.1) is 12.3 Å². The Hall–Kier alpha value is -1.55. The molecule has 0 spiro atoms. The molecule has 2 rings (SSSR count). The van der Waals surface area contributed by atoms with E-state index < -0.39 is 0 Å². The fourth-order valence-corrected chi connectivity index (χ4v) is 2.41. The van der Waals surface area contributed by atoms with Gasteiger partial charge in [-0.15, -0.1) is 0 Å². The molecule has 1 aromatic carbocycles. The molecule has 0 saturated carbocycles. The molecule has 1 saturated heterocycles. The summed E-state index contributed by atoms with van der Waals surface area (Å²) in [6.07, 6.45) is 0. The maximum Gasteiger partial charge on any atom is 0.124 e. The highest BCUT2D eigenvalue weighted by molar-refractivity contribution is 6.00. The highest BCUT2D eigenvalue weighted by atomic mass is 15.3. The number of nitrogens with zero attached hydrogens (tertiary/aromatic N) is 2. The summed E-state index contributed by atoms with van der Waals surface area (Å²) in [6, 6.07) is 6.70. The summed E-state index contributed by atoms with van der Waals surface area (Å²) in [7, 11) is 2.16. The van der Waals surface area contributed by atoms with Gasteiger partial charge in [-0.2, -0.15) is 0 Å². The molecular formula is C14H22N4. The number of nitrogens with one attached hydrogen (secondary N) is 1. The van der Waals surface area contributed by atoms with Crippen LogP contribution in [-0.4, -0.2) is 43.5 Å². The standard InChI is InChI=1S/C14H22N4/c1-10-4-5-13(12(8-10)14(15)16)18-7-6-17(3)11(2)9-18/h4-5,8,11H,6-7,9H2,1-3H3,(H3,15,16). The molecule has 98 valence electrons. The summed E-state index contributed by atoms with van der Waals surface area (Å²) in [5, 5.41) is 7.72. The second kappa shape index (κ2) is 4.98. The van der Waals surface area contributed by atoms with Crippen LogP contribution in [0.25, 0.3) is 0 Å². The third kappa shape index (κ3) is 2.48. The van der Waals surface area contributed by atoms with Gasteiger partial charge in [0.2, 0.25) is 0 Å². The minimum Gasteiger partial charge on any atom is -0.384 e. The number of likely N-dealkylation sites (N-methyl/N-ethyl adjacent to an activating group) is 1. The molecule has 1 fully saturated rings. The fraction of sp³-hybridized carbons (Fsp3) is 0.500. The van der Waals surface area contributed by atoms with Crippen LogP contribution < -0.4 is 10.6 Å². The van der Waals surface area contributed by atoms with Gasteiger partial charge < -0.3 is 15.5 Å². The molecule has 1 aromatic rings. The number of rotatable bonds is 2. The molecule has 4 heteroatoms. The Morgan fingerprint density at radius 3 is 2.72 bits per heavy atom. The van der Waals surface area contributed by atoms with E-state index in [9.17, 15) is 0 Å². The zero-order valence-corrected chi connectivity index (χ0v) is 11.4. The summed E-state index contributed by atoms with van der Waals surface area (Å²) in [5.41, 5.74) is 8.79. The van der Waals surface area contributed by atoms with Crippen molar-refractivity contribution in [3.63, 3.8) is 0 Å². The Kier molecular flexibility index (Phi) is 3.57. The van der Waals surface area contributed by atoms with E-state index >= 15 is 0 Å². The van der Waals surface area contributed by atoms with Crippen LogP contribution >= 0.6 is 0 Å². The number of benzene rings is 1. The largest absolute Gasteiger partial charge is 0.384 e. The molecule has 1 atom stereocenters. The lowest BCUT2D eigenvalue weighted by molar-refractivity contribution is 0.234. The third-order valence-electron chi connectivity index (χ3n) is 3.74. The fourth-order valence-electron chi connectivity index (χ4n) is 2.41. The lowest BCUT2D eigenvalue weighted by Crippen LogP contribution is -2.50. The Bertz CT molecular complexity index is 455. The molecule has 18 heavy (non-hydrogen) atoms. The smallest absolute Gasteiger partial charge is 0.124 e. The van der Waals surface area contributed by atoms with Gasteiger partial charge in [-0.1, -0.05) is 11.6 Å². The molecule has 3 N–H and O–H groups in total. The first-order valence-electron chi connectivity index (χ1n) is 6.39. The number of piperazine rings is 1. The zero-order valence-electron chi connectivity index (χ0n) is 11.4. The predicted octanol–water partition coefficient (Wildman–Crippen LogP) is 1.42. The van der Waals surface area contributed by atoms with E-state index in [0.29, 0.717) is 6.04 Å². The van der Waals surface area contributed by atoms with Crippen LogP contribution in [0.5, 0.6) is 0 Å². The molecule has 4 nitrogen and oxygen atoms in total. The average molecular weight is 246 g/mol. The summed E-state index contributed by atoms with van der Waals surface area (Å²) in [6.45, 7) is 7.28. The molecule has 1 aliphatic rings. The Morgan fingerprint density at radius 2 is 2.11 bits per heavy atom. The average Bonchev–Trinajstić information content (AvgIpc) is 2.32. The van der Waals surface area contributed by atoms with Crippen LogP contribution in [0.1, 0.15) is 18.1 Å². The molecule has 0 radical (unpaired) electrons. The first kappa shape index (κ1) is 12.9. The molecule has 0 amide bonds. The monoisotopic (exact) mass is 246 g/mol. The maximum atomic E-state index is 7.72. The number of anilines is 1. The topological polar surface area (TPSA) is 56.4 Å². The lowest BCUT2D eigenvalue weighted by atomic mass is 10.1. The number of nitrogens with two attached hydrogens (primary N) is 1. The second-order valence-corrected chi connectivity index (χ2v) is 5.21. The van der Waals surface area contributed by atoms with Gasteiger partial charge in [-0.25, -0.2) is 0 Å². The minimum absolute atomic E-state index is 0.153. The van der Waals surface area contributed by atoms with Crippen molar-refractivity contribution in [2.75, 3.05) is 31.6 Å². The normalized spacial score (nSPS) is 21.1. The van der Waals surface area contributed by atoms with Gasteiger partial charge in [-0.3, -0.25) is 5.41 Å². The van der Waals surface area contributed by atoms with Gasteiger partial charge in [0.25, 0.3) is 0 Å². The van der Waals surface area contributed by atoms with Crippen LogP contribution in [-0.2, 0) is 0 Å². The molecule has 0 aromatic heterocycles. The Morgan fingerprint density at radius 1 is 1.39 bits per heavy atom. The van der Waals surface area contributed by atoms with Crippen molar-refractivity contribution >= 4 is 11.5 Å². The van der Waals surface area contributed by atoms with E-state index in [1.807, 2.05) is 13.0 Å². The van der Waals surface area contributed by atoms with E-state index in [1.165, 1.54) is 0 Å². The minimum atomic E-state index is 0.153. The Labute approximate surface area is 109 Å². The van der Waals surface area contributed by atoms with Crippen molar-refractivity contribution in [1.82, 2.24) is 4.90 Å². The van der Waals surface area contributed by atoms with Crippen molar-refractivity contribution in [2.24, 2.45) is 5.73 Å². The highest BCUT2D eigenvalue weighted by Gasteiger charge is 2.22. The van der Waals surface area contributed by atoms with E-state index in [0.717, 1.165) is 36.4 Å². The van der Waals surface area contributed by atoms with Crippen molar-refractivity contribution in [2.45, 2.75) is 19.9 Å². The van der Waals surface area contributed by atoms with Gasteiger partial charge in [-0.05, 0) is 33.0 Å². The molecule has 0 bridgehead atoms. The van der Waals surface area contributed by atoms with Gasteiger partial charge in [0.1, 0.15) is 5.84 Å². The van der Waals surface area contributed by atoms with Crippen LogP contribution in [0.3, 0.4) is 0 Å². The SMILES string of the molecule is Cc1ccc(N2CCN(C)C(C)C2)c(C(=N)N)c1. The molecule has 0 aliphatic carbocycles. The molecular weight excluding hydrogens is 224 g/mol. The predicted molar refractivity (Wildman–Crippen MR) is 76.5 cm³/mol. The van der Waals surface area contributed by atoms with Crippen molar-refractivity contribution in [3.05, 3.63) is 29.3 Å². The summed E-state index contributed by atoms with van der Waals surface area (Å²) < 4.78 is 0. The van der Waals surface area contributed by atoms with E-state index in [-0.39, 0.29) is 5.84 Å². The van der Waals surface area contributed by atoms with Gasteiger partial charge >= 0.3 is 0 Å². The number of hydrogen-bond donors (Lipinski definition) is 2. The lowest BCUT2D eigenvalue weighted by Gasteiger charge is -2.39. The Balaban J connectivity index is 2.30. The van der Waals surface area contributed by atoms with Gasteiger partial charge in [0.15, 0.2) is 0 Å². The molecule has 1 unspecified atom stereocenters. The molecule has 1 aliphatic heterocycles. The molecule has 1 heterocycles. The summed E-state index contributed by atoms with van der Waals surface area (Å²) in [5.74, 6) is 0.153. The summed E-state index contributed by atoms with van der Waals surface area (Å²) >= 11 is 0. The third-order valence-corrected chi connectivity index (χ3v) is 3.74. The summed E-state index contributed by atoms with van der Waals surface area (Å²) in [4.78, 5) is 4.69. The first-order valence-corrected chi connectivity index (χ1v) is 6.39. The van der Waals surface area contributed by atoms with Gasteiger partial charge in [0.05, 0.1) is 0 Å². The van der Waals surface area contributed by atoms with Crippen molar-refractivity contribution in [3.8, 4) is 0 Å². The quantitative estimate of drug-likeness (QED) is 0.613. The maximum absolute atomic E-state index is 7.72. The number of nitrogen functional groups attached to an aromatic ring is 1. The van der Waals surface area contributed by atoms with Crippen LogP contribution in [0.2, 0.25) is 0 Å². The van der Waals surface area contributed by atoms with Crippen LogP contribution in [0.15, 0.2) is 18.2 Å². The van der Waals surface area contributed by atoms with Crippen molar-refractivity contribution in [1.29, 1.82) is 5.41 Å². The first-order chi connectivity index (χ1) is 8.49. The van der Waals surface area contributed by atoms with E-state index in [1.54, 1.807) is 0 Å². The second-order valence-electron chi connectivity index (χ2n) is 5.21. The van der Waals surface area contributed by atoms with E-state index in [4.69, 9.17) is 11.1 Å². The highest BCUT2D eigenvalue weighted by Crippen LogP contribution is 2.24. The van der Waals surface area contributed by atoms with Gasteiger partial charge in [0, 0.05) is 36.9 Å². The number of hydrogen-bond acceptors (Lipinski definition) is 3. The van der Waals surface area contributed by atoms with Crippen molar-refractivity contribution < 1.29 is 0 Å². The zero-order chi connectivity index (χ0) is 13.3.